The van der Waals surface area contributed by atoms with Crippen LogP contribution in [-0.4, -0.2) is 0 Å². The number of nitrogens with two attached hydrogens (primary N) is 1. The van der Waals surface area contributed by atoms with E-state index in [0.29, 0.717) is 0 Å². The van der Waals surface area contributed by atoms with Gasteiger partial charge >= 0.3 is 0 Å². The molecule has 2 N–H and O–H groups in total. The lowest BCUT2D eigenvalue weighted by Gasteiger charge is -2.00. The van der Waals surface area contributed by atoms with Gasteiger partial charge in [0.2, 0.25) is 0 Å². The van der Waals surface area contributed by atoms with Crippen LogP contribution in [0.4, 0.5) is 0 Å². The molecule has 0 saturated carbocycles. The van der Waals surface area contributed by atoms with Crippen molar-refractivity contribution in [2.24, 2.45) is 11.7 Å². The normalized spacial score (nSPS) is 14.8. The van der Waals surface area contributed by atoms with Crippen LogP contribution >= 0.6 is 0 Å². The fourth-order valence-corrected chi connectivity index (χ4v) is 0.478. The second-order valence-electron chi connectivity index (χ2n) is 2.18. The summed E-state index contributed by atoms with van der Waals surface area (Å²) in [5.74, 6) is 0.787. The maximum Gasteiger partial charge on any atom is -0.0103 e. The third-order valence-electron chi connectivity index (χ3n) is 1.37. The summed E-state index contributed by atoms with van der Waals surface area (Å²) in [5, 5.41) is 0. The van der Waals surface area contributed by atoms with Crippen LogP contribution in [0.3, 0.4) is 0 Å². The summed E-state index contributed by atoms with van der Waals surface area (Å²) < 4.78 is 0. The molecule has 0 spiro atoms. The van der Waals surface area contributed by atoms with Crippen molar-refractivity contribution in [1.82, 2.24) is 0 Å². The van der Waals surface area contributed by atoms with E-state index >= 15 is 0 Å². The first-order valence-corrected chi connectivity index (χ1v) is 3.18. The predicted octanol–water partition coefficient (Wildman–Crippen LogP) is 1.90. The molecule has 1 nitrogen and oxygen atoms in total. The molecule has 0 heterocycles. The van der Waals surface area contributed by atoms with Gasteiger partial charge in [0.1, 0.15) is 0 Å². The maximum absolute atomic E-state index is 5.15. The maximum atomic E-state index is 5.15. The molecule has 8 heavy (non-hydrogen) atoms. The average molecular weight is 113 g/mol. The topological polar surface area (TPSA) is 26.0 Å². The minimum atomic E-state index is 0.787. The van der Waals surface area contributed by atoms with Crippen molar-refractivity contribution in [3.8, 4) is 0 Å². The van der Waals surface area contributed by atoms with Gasteiger partial charge in [-0.1, -0.05) is 26.3 Å². The van der Waals surface area contributed by atoms with E-state index in [1.807, 2.05) is 6.08 Å². The van der Waals surface area contributed by atoms with Crippen molar-refractivity contribution in [2.75, 3.05) is 0 Å². The standard InChI is InChI=1S/C7H15N/c1-3-7(2)5-4-6-8/h4,6-7H,3,5,8H2,1-2H3/t7-/m1/s1. The number of hydrogen-bond donors (Lipinski definition) is 1. The third kappa shape index (κ3) is 3.72. The lowest BCUT2D eigenvalue weighted by molar-refractivity contribution is 0.571. The molecule has 1 heteroatoms. The van der Waals surface area contributed by atoms with Crippen molar-refractivity contribution in [1.29, 1.82) is 0 Å². The molecule has 0 rings (SSSR count). The Bertz CT molecular complexity index is 66.8. The summed E-state index contributed by atoms with van der Waals surface area (Å²) >= 11 is 0. The van der Waals surface area contributed by atoms with E-state index in [1.165, 1.54) is 6.42 Å². The van der Waals surface area contributed by atoms with E-state index in [0.717, 1.165) is 12.3 Å². The van der Waals surface area contributed by atoms with E-state index in [4.69, 9.17) is 5.73 Å². The van der Waals surface area contributed by atoms with Crippen molar-refractivity contribution < 1.29 is 0 Å². The fourth-order valence-electron chi connectivity index (χ4n) is 0.478. The highest BCUT2D eigenvalue weighted by molar-refractivity contribution is 4.77. The van der Waals surface area contributed by atoms with Crippen LogP contribution in [0, 0.1) is 5.92 Å². The summed E-state index contributed by atoms with van der Waals surface area (Å²) in [6.45, 7) is 4.41. The number of allylic oxidation sites excluding steroid dienone is 1. The van der Waals surface area contributed by atoms with Crippen LogP contribution in [0.1, 0.15) is 26.7 Å². The van der Waals surface area contributed by atoms with Gasteiger partial charge in [-0.05, 0) is 18.5 Å². The lowest BCUT2D eigenvalue weighted by atomic mass is 10.1. The molecular weight excluding hydrogens is 98.1 g/mol. The van der Waals surface area contributed by atoms with Crippen LogP contribution in [0.25, 0.3) is 0 Å². The fraction of sp³-hybridized carbons (Fsp3) is 0.714. The highest BCUT2D eigenvalue weighted by Gasteiger charge is 1.91. The predicted molar refractivity (Wildman–Crippen MR) is 37.4 cm³/mol. The zero-order valence-electron chi connectivity index (χ0n) is 5.72. The van der Waals surface area contributed by atoms with Crippen LogP contribution in [0.2, 0.25) is 0 Å². The van der Waals surface area contributed by atoms with Gasteiger partial charge in [-0.25, -0.2) is 0 Å². The van der Waals surface area contributed by atoms with Gasteiger partial charge in [-0.3, -0.25) is 0 Å². The molecule has 48 valence electrons. The van der Waals surface area contributed by atoms with Gasteiger partial charge in [-0.15, -0.1) is 0 Å². The van der Waals surface area contributed by atoms with Gasteiger partial charge in [-0.2, -0.15) is 0 Å². The highest BCUT2D eigenvalue weighted by Crippen LogP contribution is 2.05. The second kappa shape index (κ2) is 4.69. The van der Waals surface area contributed by atoms with E-state index in [2.05, 4.69) is 13.8 Å². The minimum Gasteiger partial charge on any atom is -0.405 e. The Morgan fingerprint density at radius 3 is 2.62 bits per heavy atom. The molecule has 0 aliphatic carbocycles. The summed E-state index contributed by atoms with van der Waals surface area (Å²) in [5.41, 5.74) is 5.15. The smallest absolute Gasteiger partial charge is 0.0103 e. The summed E-state index contributed by atoms with van der Waals surface area (Å²) in [4.78, 5) is 0. The molecule has 0 amide bonds. The quantitative estimate of drug-likeness (QED) is 0.594. The van der Waals surface area contributed by atoms with Crippen molar-refractivity contribution in [3.63, 3.8) is 0 Å². The summed E-state index contributed by atoms with van der Waals surface area (Å²) in [7, 11) is 0. The Labute approximate surface area is 51.6 Å². The number of rotatable bonds is 3. The van der Waals surface area contributed by atoms with E-state index in [9.17, 15) is 0 Å². The van der Waals surface area contributed by atoms with E-state index in [1.54, 1.807) is 6.20 Å². The Morgan fingerprint density at radius 2 is 2.25 bits per heavy atom. The van der Waals surface area contributed by atoms with Crippen molar-refractivity contribution in [3.05, 3.63) is 12.3 Å². The molecule has 0 radical (unpaired) electrons. The first-order valence-electron chi connectivity index (χ1n) is 3.18. The van der Waals surface area contributed by atoms with Gasteiger partial charge in [0.15, 0.2) is 0 Å². The minimum absolute atomic E-state index is 0.787. The molecule has 0 unspecified atom stereocenters. The first-order chi connectivity index (χ1) is 3.81. The van der Waals surface area contributed by atoms with Crippen LogP contribution in [0.15, 0.2) is 12.3 Å². The monoisotopic (exact) mass is 113 g/mol. The lowest BCUT2D eigenvalue weighted by Crippen LogP contribution is -1.88. The van der Waals surface area contributed by atoms with Gasteiger partial charge in [0.25, 0.3) is 0 Å². The first kappa shape index (κ1) is 7.54. The van der Waals surface area contributed by atoms with Crippen LogP contribution < -0.4 is 5.73 Å². The summed E-state index contributed by atoms with van der Waals surface area (Å²) in [6.07, 6.45) is 5.98. The Morgan fingerprint density at radius 1 is 1.62 bits per heavy atom. The average Bonchev–Trinajstić information content (AvgIpc) is 1.83. The zero-order chi connectivity index (χ0) is 6.41. The molecule has 0 aliphatic heterocycles. The SMILES string of the molecule is CC[C@@H](C)CC=CN. The third-order valence-corrected chi connectivity index (χ3v) is 1.37. The van der Waals surface area contributed by atoms with Gasteiger partial charge < -0.3 is 5.73 Å². The molecule has 0 bridgehead atoms. The molecule has 0 aromatic rings. The molecule has 0 saturated heterocycles. The van der Waals surface area contributed by atoms with Gasteiger partial charge in [0, 0.05) is 0 Å². The Kier molecular flexibility index (Phi) is 4.42. The second-order valence-corrected chi connectivity index (χ2v) is 2.18. The Balaban J connectivity index is 3.10. The van der Waals surface area contributed by atoms with Gasteiger partial charge in [0.05, 0.1) is 0 Å². The highest BCUT2D eigenvalue weighted by atomic mass is 14.5. The van der Waals surface area contributed by atoms with E-state index in [-0.39, 0.29) is 0 Å². The largest absolute Gasteiger partial charge is 0.405 e. The molecule has 1 atom stereocenters. The molecule has 0 aliphatic rings. The summed E-state index contributed by atoms with van der Waals surface area (Å²) in [6, 6.07) is 0. The molecule has 0 aromatic heterocycles. The molecule has 0 aromatic carbocycles. The van der Waals surface area contributed by atoms with Crippen molar-refractivity contribution >= 4 is 0 Å². The number of hydrogen-bond acceptors (Lipinski definition) is 1. The van der Waals surface area contributed by atoms with Crippen LogP contribution in [-0.2, 0) is 0 Å². The Hall–Kier alpha value is -0.460. The molecule has 0 fully saturated rings. The van der Waals surface area contributed by atoms with Crippen LogP contribution in [0.5, 0.6) is 0 Å². The zero-order valence-corrected chi connectivity index (χ0v) is 5.72. The molecular formula is C7H15N. The van der Waals surface area contributed by atoms with E-state index < -0.39 is 0 Å². The van der Waals surface area contributed by atoms with Crippen molar-refractivity contribution in [2.45, 2.75) is 26.7 Å².